The molecule has 36 heavy (non-hydrogen) atoms. The summed E-state index contributed by atoms with van der Waals surface area (Å²) in [5.41, 5.74) is 10.5. The predicted octanol–water partition coefficient (Wildman–Crippen LogP) is 4.11. The van der Waals surface area contributed by atoms with Crippen LogP contribution in [0.1, 0.15) is 62.3 Å². The Morgan fingerprint density at radius 3 is 2.25 bits per heavy atom. The van der Waals surface area contributed by atoms with Gasteiger partial charge in [0.05, 0.1) is 12.6 Å². The summed E-state index contributed by atoms with van der Waals surface area (Å²) in [6.07, 6.45) is 2.46. The van der Waals surface area contributed by atoms with Gasteiger partial charge < -0.3 is 15.5 Å². The topological polar surface area (TPSA) is 87.0 Å². The molecule has 0 saturated carbocycles. The summed E-state index contributed by atoms with van der Waals surface area (Å²) in [5, 5.41) is 0. The van der Waals surface area contributed by atoms with E-state index in [1.807, 2.05) is 67.0 Å². The summed E-state index contributed by atoms with van der Waals surface area (Å²) < 4.78 is 0. The molecule has 7 nitrogen and oxygen atoms in total. The molecule has 0 aliphatic carbocycles. The number of carbonyl (C=O) groups is 3. The van der Waals surface area contributed by atoms with Gasteiger partial charge in [-0.2, -0.15) is 0 Å². The minimum absolute atomic E-state index is 0.0244. The fourth-order valence-corrected chi connectivity index (χ4v) is 5.59. The SMILES string of the molecule is CCC(=O)N1c2ccc(C)cc2[C@@H](N(C(=O)CN2CCC(C(N)=O)CC2)c2ccc(C)cc2)C[C@@H]1C. The highest BCUT2D eigenvalue weighted by Crippen LogP contribution is 2.43. The molecule has 2 aliphatic rings. The predicted molar refractivity (Wildman–Crippen MR) is 143 cm³/mol. The number of carbonyl (C=O) groups excluding carboxylic acids is 3. The van der Waals surface area contributed by atoms with Gasteiger partial charge in [-0.1, -0.05) is 42.3 Å². The van der Waals surface area contributed by atoms with Crippen molar-refractivity contribution in [2.45, 2.75) is 65.5 Å². The van der Waals surface area contributed by atoms with Crippen LogP contribution >= 0.6 is 0 Å². The molecule has 0 unspecified atom stereocenters. The van der Waals surface area contributed by atoms with Gasteiger partial charge in [-0.15, -0.1) is 0 Å². The van der Waals surface area contributed by atoms with Gasteiger partial charge in [-0.25, -0.2) is 0 Å². The van der Waals surface area contributed by atoms with Crippen LogP contribution in [-0.4, -0.2) is 48.3 Å². The van der Waals surface area contributed by atoms with Gasteiger partial charge >= 0.3 is 0 Å². The monoisotopic (exact) mass is 490 g/mol. The smallest absolute Gasteiger partial charge is 0.241 e. The number of fused-ring (bicyclic) bond motifs is 1. The van der Waals surface area contributed by atoms with Gasteiger partial charge in [0.2, 0.25) is 17.7 Å². The highest BCUT2D eigenvalue weighted by molar-refractivity contribution is 5.98. The Morgan fingerprint density at radius 2 is 1.64 bits per heavy atom. The summed E-state index contributed by atoms with van der Waals surface area (Å²) in [6.45, 7) is 9.67. The number of anilines is 2. The number of primary amides is 1. The fraction of sp³-hybridized carbons (Fsp3) is 0.483. The Labute approximate surface area is 214 Å². The number of amides is 3. The number of aryl methyl sites for hydroxylation is 2. The molecule has 3 amide bonds. The second-order valence-electron chi connectivity index (χ2n) is 10.3. The van der Waals surface area contributed by atoms with Gasteiger partial charge in [0.25, 0.3) is 0 Å². The average Bonchev–Trinajstić information content (AvgIpc) is 2.85. The first-order chi connectivity index (χ1) is 17.2. The lowest BCUT2D eigenvalue weighted by Crippen LogP contribution is -2.50. The maximum atomic E-state index is 14.0. The molecule has 2 atom stereocenters. The van der Waals surface area contributed by atoms with Crippen molar-refractivity contribution in [2.75, 3.05) is 29.4 Å². The van der Waals surface area contributed by atoms with Crippen molar-refractivity contribution in [3.05, 3.63) is 59.2 Å². The summed E-state index contributed by atoms with van der Waals surface area (Å²) in [4.78, 5) is 44.4. The first-order valence-electron chi connectivity index (χ1n) is 13.0. The standard InChI is InChI=1S/C29H38N4O3/c1-5-27(34)32-21(4)17-26(24-16-20(3)8-11-25(24)32)33(23-9-6-19(2)7-10-23)28(35)18-31-14-12-22(13-15-31)29(30)36/h6-11,16,21-22,26H,5,12-15,17-18H2,1-4H3,(H2,30,36)/t21-,26-/m0/s1. The van der Waals surface area contributed by atoms with E-state index in [-0.39, 0.29) is 42.3 Å². The lowest BCUT2D eigenvalue weighted by molar-refractivity contribution is -0.123. The van der Waals surface area contributed by atoms with Crippen LogP contribution in [-0.2, 0) is 14.4 Å². The zero-order valence-electron chi connectivity index (χ0n) is 21.9. The second-order valence-corrected chi connectivity index (χ2v) is 10.3. The number of hydrogen-bond acceptors (Lipinski definition) is 4. The van der Waals surface area contributed by atoms with Crippen LogP contribution in [0.5, 0.6) is 0 Å². The van der Waals surface area contributed by atoms with Gasteiger partial charge in [0.1, 0.15) is 0 Å². The van der Waals surface area contributed by atoms with Gasteiger partial charge in [0.15, 0.2) is 0 Å². The molecule has 7 heteroatoms. The molecule has 2 aromatic carbocycles. The van der Waals surface area contributed by atoms with E-state index < -0.39 is 0 Å². The molecule has 2 heterocycles. The van der Waals surface area contributed by atoms with Gasteiger partial charge in [-0.3, -0.25) is 19.3 Å². The van der Waals surface area contributed by atoms with E-state index >= 15 is 0 Å². The fourth-order valence-electron chi connectivity index (χ4n) is 5.59. The van der Waals surface area contributed by atoms with Crippen molar-refractivity contribution >= 4 is 29.1 Å². The summed E-state index contributed by atoms with van der Waals surface area (Å²) in [7, 11) is 0. The van der Waals surface area contributed by atoms with Crippen LogP contribution < -0.4 is 15.5 Å². The van der Waals surface area contributed by atoms with Crippen molar-refractivity contribution in [3.63, 3.8) is 0 Å². The maximum Gasteiger partial charge on any atom is 0.241 e. The third kappa shape index (κ3) is 5.31. The molecule has 192 valence electrons. The van der Waals surface area contributed by atoms with Crippen LogP contribution in [0.4, 0.5) is 11.4 Å². The summed E-state index contributed by atoms with van der Waals surface area (Å²) >= 11 is 0. The minimum atomic E-state index is -0.253. The lowest BCUT2D eigenvalue weighted by Gasteiger charge is -2.44. The Hall–Kier alpha value is -3.19. The molecular weight excluding hydrogens is 452 g/mol. The van der Waals surface area contributed by atoms with Crippen LogP contribution in [0.15, 0.2) is 42.5 Å². The zero-order chi connectivity index (χ0) is 26.0. The van der Waals surface area contributed by atoms with Crippen LogP contribution in [0, 0.1) is 19.8 Å². The van der Waals surface area contributed by atoms with Crippen LogP contribution in [0.25, 0.3) is 0 Å². The number of nitrogens with two attached hydrogens (primary N) is 1. The molecule has 0 aromatic heterocycles. The molecule has 0 spiro atoms. The van der Waals surface area contributed by atoms with Gasteiger partial charge in [-0.05, 0) is 76.9 Å². The number of rotatable bonds is 6. The summed E-state index contributed by atoms with van der Waals surface area (Å²) in [5.74, 6) is -0.245. The molecule has 1 saturated heterocycles. The number of hydrogen-bond donors (Lipinski definition) is 1. The van der Waals surface area contributed by atoms with E-state index in [0.29, 0.717) is 38.8 Å². The van der Waals surface area contributed by atoms with Crippen LogP contribution in [0.3, 0.4) is 0 Å². The summed E-state index contributed by atoms with van der Waals surface area (Å²) in [6, 6.07) is 14.0. The Bertz CT molecular complexity index is 1120. The van der Waals surface area contributed by atoms with E-state index in [1.165, 1.54) is 0 Å². The molecule has 0 bridgehead atoms. The van der Waals surface area contributed by atoms with E-state index in [0.717, 1.165) is 28.1 Å². The van der Waals surface area contributed by atoms with E-state index in [1.54, 1.807) is 0 Å². The largest absolute Gasteiger partial charge is 0.369 e. The normalized spacial score (nSPS) is 20.6. The van der Waals surface area contributed by atoms with Crippen molar-refractivity contribution in [1.82, 2.24) is 4.90 Å². The third-order valence-corrected chi connectivity index (χ3v) is 7.62. The second kappa shape index (κ2) is 10.8. The maximum absolute atomic E-state index is 14.0. The number of piperidine rings is 1. The molecule has 1 fully saturated rings. The highest BCUT2D eigenvalue weighted by Gasteiger charge is 2.39. The van der Waals surface area contributed by atoms with E-state index in [9.17, 15) is 14.4 Å². The Morgan fingerprint density at radius 1 is 1.00 bits per heavy atom. The Balaban J connectivity index is 1.70. The first kappa shape index (κ1) is 25.9. The van der Waals surface area contributed by atoms with Crippen molar-refractivity contribution in [2.24, 2.45) is 11.7 Å². The zero-order valence-corrected chi connectivity index (χ0v) is 21.9. The molecule has 4 rings (SSSR count). The quantitative estimate of drug-likeness (QED) is 0.660. The van der Waals surface area contributed by atoms with E-state index in [4.69, 9.17) is 5.73 Å². The molecule has 2 aliphatic heterocycles. The molecule has 2 N–H and O–H groups in total. The number of likely N-dealkylation sites (tertiary alicyclic amines) is 1. The van der Waals surface area contributed by atoms with Crippen molar-refractivity contribution < 1.29 is 14.4 Å². The highest BCUT2D eigenvalue weighted by atomic mass is 16.2. The first-order valence-corrected chi connectivity index (χ1v) is 13.0. The van der Waals surface area contributed by atoms with Gasteiger partial charge in [0, 0.05) is 29.8 Å². The Kier molecular flexibility index (Phi) is 7.79. The van der Waals surface area contributed by atoms with Crippen molar-refractivity contribution in [1.29, 1.82) is 0 Å². The van der Waals surface area contributed by atoms with Crippen molar-refractivity contribution in [3.8, 4) is 0 Å². The van der Waals surface area contributed by atoms with E-state index in [2.05, 4.69) is 17.9 Å². The molecule has 0 radical (unpaired) electrons. The lowest BCUT2D eigenvalue weighted by atomic mass is 9.88. The minimum Gasteiger partial charge on any atom is -0.369 e. The molecular formula is C29H38N4O3. The third-order valence-electron chi connectivity index (χ3n) is 7.62. The molecule has 2 aromatic rings. The average molecular weight is 491 g/mol. The van der Waals surface area contributed by atoms with Crippen LogP contribution in [0.2, 0.25) is 0 Å². The number of nitrogens with zero attached hydrogens (tertiary/aromatic N) is 3. The number of benzene rings is 2.